The van der Waals surface area contributed by atoms with Gasteiger partial charge in [0, 0.05) is 17.0 Å². The largest absolute Gasteiger partial charge is 0.497 e. The lowest BCUT2D eigenvalue weighted by atomic mass is 9.97. The number of hydrogen-bond donors (Lipinski definition) is 0. The number of nitrogens with zero attached hydrogens (tertiary/aromatic N) is 2. The molecule has 0 aliphatic heterocycles. The summed E-state index contributed by atoms with van der Waals surface area (Å²) < 4.78 is 6.84. The van der Waals surface area contributed by atoms with Crippen LogP contribution in [0.2, 0.25) is 0 Å². The molecule has 0 amide bonds. The Morgan fingerprint density at radius 2 is 2.00 bits per heavy atom. The highest BCUT2D eigenvalue weighted by molar-refractivity contribution is 7.99. The molecule has 3 aromatic rings. The van der Waals surface area contributed by atoms with Crippen molar-refractivity contribution in [1.82, 2.24) is 9.55 Å². The third kappa shape index (κ3) is 3.49. The molecule has 0 saturated heterocycles. The number of carbonyl (C=O) groups excluding carboxylic acids is 1. The highest BCUT2D eigenvalue weighted by atomic mass is 32.2. The average molecular weight is 415 g/mol. The van der Waals surface area contributed by atoms with Gasteiger partial charge in [-0.25, -0.2) is 4.98 Å². The first kappa shape index (κ1) is 19.2. The molecule has 146 valence electrons. The van der Waals surface area contributed by atoms with Crippen molar-refractivity contribution in [2.24, 2.45) is 0 Å². The normalized spacial score (nSPS) is 13.5. The van der Waals surface area contributed by atoms with Gasteiger partial charge in [-0.15, -0.1) is 11.3 Å². The van der Waals surface area contributed by atoms with Gasteiger partial charge >= 0.3 is 0 Å². The number of rotatable bonds is 6. The molecule has 2 aromatic heterocycles. The quantitative estimate of drug-likeness (QED) is 0.341. The number of Topliss-reactive ketones (excluding diaryl/α,β-unsaturated/α-hetero) is 1. The number of thioether (sulfide) groups is 1. The predicted molar refractivity (Wildman–Crippen MR) is 114 cm³/mol. The SMILES string of the molecule is CCn1c(SCC(=O)c2ccc(OC)cc2)nc2sc3c(c2c1=O)CCCC3. The molecule has 2 heterocycles. The van der Waals surface area contributed by atoms with Gasteiger partial charge in [0.15, 0.2) is 10.9 Å². The second-order valence-corrected chi connectivity index (χ2v) is 8.80. The third-order valence-electron chi connectivity index (χ3n) is 5.10. The second-order valence-electron chi connectivity index (χ2n) is 6.78. The van der Waals surface area contributed by atoms with Crippen LogP contribution in [0.15, 0.2) is 34.2 Å². The van der Waals surface area contributed by atoms with E-state index in [1.165, 1.54) is 28.6 Å². The Morgan fingerprint density at radius 3 is 2.71 bits per heavy atom. The number of methoxy groups -OCH3 is 1. The van der Waals surface area contributed by atoms with E-state index in [9.17, 15) is 9.59 Å². The summed E-state index contributed by atoms with van der Waals surface area (Å²) in [5, 5.41) is 1.42. The van der Waals surface area contributed by atoms with Crippen LogP contribution in [0.4, 0.5) is 0 Å². The molecule has 0 radical (unpaired) electrons. The monoisotopic (exact) mass is 414 g/mol. The van der Waals surface area contributed by atoms with Crippen molar-refractivity contribution in [2.75, 3.05) is 12.9 Å². The van der Waals surface area contributed by atoms with E-state index in [2.05, 4.69) is 0 Å². The third-order valence-corrected chi connectivity index (χ3v) is 7.26. The molecule has 0 bridgehead atoms. The summed E-state index contributed by atoms with van der Waals surface area (Å²) in [5.41, 5.74) is 1.87. The number of ketones is 1. The maximum absolute atomic E-state index is 13.1. The highest BCUT2D eigenvalue weighted by Gasteiger charge is 2.22. The fourth-order valence-electron chi connectivity index (χ4n) is 3.60. The van der Waals surface area contributed by atoms with Gasteiger partial charge < -0.3 is 4.74 Å². The molecule has 1 aliphatic rings. The minimum absolute atomic E-state index is 0.00938. The van der Waals surface area contributed by atoms with Crippen LogP contribution in [0.1, 0.15) is 40.6 Å². The first-order chi connectivity index (χ1) is 13.6. The maximum Gasteiger partial charge on any atom is 0.263 e. The van der Waals surface area contributed by atoms with Crippen LogP contribution in [0.5, 0.6) is 5.75 Å². The topological polar surface area (TPSA) is 61.2 Å². The van der Waals surface area contributed by atoms with Crippen molar-refractivity contribution in [1.29, 1.82) is 0 Å². The zero-order valence-electron chi connectivity index (χ0n) is 16.0. The summed E-state index contributed by atoms with van der Waals surface area (Å²) in [6.07, 6.45) is 4.33. The predicted octanol–water partition coefficient (Wildman–Crippen LogP) is 4.34. The van der Waals surface area contributed by atoms with Gasteiger partial charge in [0.1, 0.15) is 10.6 Å². The van der Waals surface area contributed by atoms with E-state index in [1.807, 2.05) is 6.92 Å². The summed E-state index contributed by atoms with van der Waals surface area (Å²) in [6.45, 7) is 2.49. The van der Waals surface area contributed by atoms with Crippen LogP contribution in [0.3, 0.4) is 0 Å². The molecular formula is C21H22N2O3S2. The molecular weight excluding hydrogens is 392 g/mol. The smallest absolute Gasteiger partial charge is 0.263 e. The highest BCUT2D eigenvalue weighted by Crippen LogP contribution is 2.34. The summed E-state index contributed by atoms with van der Waals surface area (Å²) in [7, 11) is 1.60. The molecule has 0 fully saturated rings. The van der Waals surface area contributed by atoms with Crippen LogP contribution >= 0.6 is 23.1 Å². The molecule has 4 rings (SSSR count). The maximum atomic E-state index is 13.1. The van der Waals surface area contributed by atoms with Crippen LogP contribution in [-0.2, 0) is 19.4 Å². The van der Waals surface area contributed by atoms with E-state index in [-0.39, 0.29) is 17.1 Å². The van der Waals surface area contributed by atoms with E-state index >= 15 is 0 Å². The first-order valence-electron chi connectivity index (χ1n) is 9.47. The average Bonchev–Trinajstić information content (AvgIpc) is 3.10. The van der Waals surface area contributed by atoms with E-state index < -0.39 is 0 Å². The molecule has 0 spiro atoms. The van der Waals surface area contributed by atoms with Crippen LogP contribution < -0.4 is 10.3 Å². The Morgan fingerprint density at radius 1 is 1.25 bits per heavy atom. The number of benzene rings is 1. The van der Waals surface area contributed by atoms with Gasteiger partial charge in [-0.05, 0) is 62.4 Å². The molecule has 0 unspecified atom stereocenters. The number of thiophene rings is 1. The lowest BCUT2D eigenvalue weighted by molar-refractivity contribution is 0.102. The fourth-order valence-corrected chi connectivity index (χ4v) is 5.86. The Labute approximate surface area is 171 Å². The van der Waals surface area contributed by atoms with Crippen molar-refractivity contribution in [3.8, 4) is 5.75 Å². The lowest BCUT2D eigenvalue weighted by Crippen LogP contribution is -2.23. The van der Waals surface area contributed by atoms with Crippen LogP contribution in [-0.4, -0.2) is 28.2 Å². The lowest BCUT2D eigenvalue weighted by Gasteiger charge is -2.12. The molecule has 28 heavy (non-hydrogen) atoms. The van der Waals surface area contributed by atoms with Crippen molar-refractivity contribution < 1.29 is 9.53 Å². The zero-order valence-corrected chi connectivity index (χ0v) is 17.6. The number of ether oxygens (including phenoxy) is 1. The minimum Gasteiger partial charge on any atom is -0.497 e. The molecule has 7 heteroatoms. The fraction of sp³-hybridized carbons (Fsp3) is 0.381. The summed E-state index contributed by atoms with van der Waals surface area (Å²) in [6, 6.07) is 7.08. The molecule has 0 saturated carbocycles. The van der Waals surface area contributed by atoms with Crippen molar-refractivity contribution in [3.05, 3.63) is 50.6 Å². The van der Waals surface area contributed by atoms with Gasteiger partial charge in [0.2, 0.25) is 0 Å². The zero-order chi connectivity index (χ0) is 19.7. The number of aromatic nitrogens is 2. The van der Waals surface area contributed by atoms with Gasteiger partial charge in [-0.1, -0.05) is 11.8 Å². The van der Waals surface area contributed by atoms with Crippen molar-refractivity contribution in [2.45, 2.75) is 44.3 Å². The Kier molecular flexibility index (Phi) is 5.55. The minimum atomic E-state index is 0.00938. The van der Waals surface area contributed by atoms with Gasteiger partial charge in [-0.3, -0.25) is 14.2 Å². The van der Waals surface area contributed by atoms with E-state index in [0.717, 1.165) is 35.2 Å². The Bertz CT molecular complexity index is 1080. The molecule has 0 N–H and O–H groups in total. The molecule has 1 aliphatic carbocycles. The number of fused-ring (bicyclic) bond motifs is 3. The Hall–Kier alpha value is -2.12. The summed E-state index contributed by atoms with van der Waals surface area (Å²) in [5.74, 6) is 0.975. The molecule has 5 nitrogen and oxygen atoms in total. The second kappa shape index (κ2) is 8.09. The van der Waals surface area contributed by atoms with Gasteiger partial charge in [-0.2, -0.15) is 0 Å². The van der Waals surface area contributed by atoms with Crippen LogP contribution in [0, 0.1) is 0 Å². The molecule has 0 atom stereocenters. The number of carbonyl (C=O) groups is 1. The standard InChI is InChI=1S/C21H22N2O3S2/c1-3-23-20(25)18-15-6-4-5-7-17(15)28-19(18)22-21(23)27-12-16(24)13-8-10-14(26-2)11-9-13/h8-11H,3-7,12H2,1-2H3. The molecule has 1 aromatic carbocycles. The van der Waals surface area contributed by atoms with Gasteiger partial charge in [0.25, 0.3) is 5.56 Å². The van der Waals surface area contributed by atoms with Crippen molar-refractivity contribution in [3.63, 3.8) is 0 Å². The van der Waals surface area contributed by atoms with E-state index in [0.29, 0.717) is 17.3 Å². The number of aryl methyl sites for hydroxylation is 2. The van der Waals surface area contributed by atoms with Crippen molar-refractivity contribution >= 4 is 39.1 Å². The first-order valence-corrected chi connectivity index (χ1v) is 11.3. The van der Waals surface area contributed by atoms with Gasteiger partial charge in [0.05, 0.1) is 18.2 Å². The Balaban J connectivity index is 1.62. The summed E-state index contributed by atoms with van der Waals surface area (Å²) >= 11 is 2.98. The van der Waals surface area contributed by atoms with E-state index in [4.69, 9.17) is 9.72 Å². The number of hydrogen-bond acceptors (Lipinski definition) is 6. The van der Waals surface area contributed by atoms with E-state index in [1.54, 1.807) is 47.3 Å². The van der Waals surface area contributed by atoms with Crippen LogP contribution in [0.25, 0.3) is 10.2 Å². The summed E-state index contributed by atoms with van der Waals surface area (Å²) in [4.78, 5) is 32.6.